The van der Waals surface area contributed by atoms with E-state index in [9.17, 15) is 14.3 Å². The molecule has 338 valence electrons. The Bertz CT molecular complexity index is 1100. The normalized spacial score (nSPS) is 14.6. The molecule has 0 spiro atoms. The van der Waals surface area contributed by atoms with Gasteiger partial charge in [0.15, 0.2) is 0 Å². The van der Waals surface area contributed by atoms with E-state index in [4.69, 9.17) is 18.5 Å². The van der Waals surface area contributed by atoms with Crippen molar-refractivity contribution in [2.75, 3.05) is 54.1 Å². The van der Waals surface area contributed by atoms with Crippen LogP contribution in [0.2, 0.25) is 0 Å². The average Bonchev–Trinajstić information content (AvgIpc) is 3.15. The molecule has 0 saturated heterocycles. The first-order valence-electron chi connectivity index (χ1n) is 22.4. The summed E-state index contributed by atoms with van der Waals surface area (Å²) in [5.41, 5.74) is 0. The number of rotatable bonds is 41. The topological polar surface area (TPSA) is 94.1 Å². The second-order valence-electron chi connectivity index (χ2n) is 16.6. The van der Waals surface area contributed by atoms with Gasteiger partial charge in [0.25, 0.3) is 7.82 Å². The van der Waals surface area contributed by atoms with Gasteiger partial charge in [-0.15, -0.1) is 0 Å². The molecule has 8 nitrogen and oxygen atoms in total. The van der Waals surface area contributed by atoms with Crippen LogP contribution < -0.4 is 4.89 Å². The smallest absolute Gasteiger partial charge is 0.306 e. The molecule has 0 radical (unpaired) electrons. The van der Waals surface area contributed by atoms with Crippen LogP contribution in [0.15, 0.2) is 17.9 Å². The van der Waals surface area contributed by atoms with Gasteiger partial charge >= 0.3 is 5.97 Å². The van der Waals surface area contributed by atoms with Crippen molar-refractivity contribution in [3.05, 3.63) is 17.9 Å². The number of phosphoric ester groups is 1. The number of esters is 1. The van der Waals surface area contributed by atoms with E-state index in [0.29, 0.717) is 17.6 Å². The molecular weight excluding hydrogens is 1010 g/mol. The van der Waals surface area contributed by atoms with Crippen molar-refractivity contribution in [2.45, 2.75) is 200 Å². The molecule has 0 aliphatic carbocycles. The highest BCUT2D eigenvalue weighted by Crippen LogP contribution is 2.38. The number of allylic oxidation sites excluding steroid dienone is 4. The third-order valence-corrected chi connectivity index (χ3v) is 15.4. The maximum absolute atomic E-state index is 12.8. The molecule has 0 fully saturated rings. The van der Waals surface area contributed by atoms with Crippen LogP contribution in [-0.2, 0) is 27.9 Å². The van der Waals surface area contributed by atoms with E-state index >= 15 is 0 Å². The van der Waals surface area contributed by atoms with Gasteiger partial charge in [0.1, 0.15) is 19.3 Å². The molecule has 0 aliphatic rings. The van der Waals surface area contributed by atoms with Gasteiger partial charge in [0.05, 0.1) is 34.4 Å². The molecule has 0 bridgehead atoms. The van der Waals surface area contributed by atoms with Crippen LogP contribution in [0.25, 0.3) is 0 Å². The van der Waals surface area contributed by atoms with Gasteiger partial charge in [0.2, 0.25) is 0 Å². The number of unbranched alkanes of at least 4 members (excludes halogenated alkanes) is 19. The lowest BCUT2D eigenvalue weighted by molar-refractivity contribution is -0.870. The zero-order valence-electron chi connectivity index (χ0n) is 36.7. The summed E-state index contributed by atoms with van der Waals surface area (Å²) < 4.78 is 39.9. The van der Waals surface area contributed by atoms with E-state index in [1.807, 2.05) is 21.1 Å². The Hall–Kier alpha value is 0.900. The van der Waals surface area contributed by atoms with Gasteiger partial charge in [-0.1, -0.05) is 187 Å². The maximum Gasteiger partial charge on any atom is 0.306 e. The van der Waals surface area contributed by atoms with Crippen molar-refractivity contribution in [1.82, 2.24) is 0 Å². The molecule has 0 rings (SSSR count). The Balaban J connectivity index is 4.49. The summed E-state index contributed by atoms with van der Waals surface area (Å²) in [6.07, 6.45) is 31.0. The van der Waals surface area contributed by atoms with Crippen molar-refractivity contribution in [3.8, 4) is 0 Å². The molecule has 0 aromatic rings. The van der Waals surface area contributed by atoms with Gasteiger partial charge in [-0.2, -0.15) is 0 Å². The average molecular weight is 1090 g/mol. The minimum absolute atomic E-state index is 0.0136. The summed E-state index contributed by atoms with van der Waals surface area (Å²) in [6.45, 7) is 5.30. The number of ether oxygens (including phenoxy) is 2. The van der Waals surface area contributed by atoms with Crippen LogP contribution in [0.5, 0.6) is 0 Å². The van der Waals surface area contributed by atoms with Crippen molar-refractivity contribution in [2.24, 2.45) is 0 Å². The second kappa shape index (κ2) is 38.6. The lowest BCUT2D eigenvalue weighted by Crippen LogP contribution is -2.37. The highest BCUT2D eigenvalue weighted by molar-refractivity contribution is 9.14. The van der Waals surface area contributed by atoms with Crippen molar-refractivity contribution in [3.63, 3.8) is 0 Å². The molecule has 13 heteroatoms. The molecule has 0 aromatic heterocycles. The van der Waals surface area contributed by atoms with Crippen LogP contribution in [0.1, 0.15) is 194 Å². The first kappa shape index (κ1) is 57.9. The number of nitrogens with zero attached hydrogens (tertiary/aromatic N) is 1. The molecule has 0 saturated carbocycles. The van der Waals surface area contributed by atoms with Gasteiger partial charge in [0, 0.05) is 31.0 Å². The number of carbonyl (C=O) groups is 1. The highest BCUT2D eigenvalue weighted by atomic mass is 79.9. The Kier molecular flexibility index (Phi) is 39.2. The van der Waals surface area contributed by atoms with Gasteiger partial charge in [-0.3, -0.25) is 9.36 Å². The summed E-state index contributed by atoms with van der Waals surface area (Å²) in [5.74, 6) is -0.362. The summed E-state index contributed by atoms with van der Waals surface area (Å²) in [4.78, 5) is 25.2. The monoisotopic (exact) mass is 1080 g/mol. The number of hydrogen-bond acceptors (Lipinski definition) is 7. The zero-order valence-corrected chi connectivity index (χ0v) is 43.9. The van der Waals surface area contributed by atoms with Gasteiger partial charge in [-0.05, 0) is 64.2 Å². The van der Waals surface area contributed by atoms with E-state index in [1.54, 1.807) is 0 Å². The van der Waals surface area contributed by atoms with E-state index in [0.717, 1.165) is 77.0 Å². The Morgan fingerprint density at radius 3 is 1.30 bits per heavy atom. The lowest BCUT2D eigenvalue weighted by atomic mass is 10.1. The fourth-order valence-electron chi connectivity index (χ4n) is 6.15. The summed E-state index contributed by atoms with van der Waals surface area (Å²) in [7, 11) is 1.32. The number of phosphoric acid groups is 1. The molecule has 0 aromatic carbocycles. The quantitative estimate of drug-likeness (QED) is 0.0261. The molecule has 0 amide bonds. The number of carbonyl (C=O) groups excluding carboxylic acids is 1. The van der Waals surface area contributed by atoms with Crippen molar-refractivity contribution >= 4 is 77.5 Å². The number of halogens is 4. The highest BCUT2D eigenvalue weighted by Gasteiger charge is 2.20. The van der Waals surface area contributed by atoms with Crippen LogP contribution in [0, 0.1) is 0 Å². The van der Waals surface area contributed by atoms with E-state index < -0.39 is 13.9 Å². The Morgan fingerprint density at radius 2 is 0.895 bits per heavy atom. The minimum atomic E-state index is -4.55. The molecule has 0 aliphatic heterocycles. The first-order chi connectivity index (χ1) is 27.2. The second-order valence-corrected chi connectivity index (χ2v) is 21.8. The largest absolute Gasteiger partial charge is 0.756 e. The van der Waals surface area contributed by atoms with Crippen LogP contribution in [-0.4, -0.2) is 70.7 Å². The third-order valence-electron chi connectivity index (χ3n) is 9.83. The van der Waals surface area contributed by atoms with E-state index in [1.165, 1.54) is 114 Å². The molecule has 0 heterocycles. The molecule has 57 heavy (non-hydrogen) atoms. The SMILES string of the molecule is CCCCCCCC/C(Br)=C(\Br)CCCCCCCCOC[C@H](COP(=O)([O-])OCC[N+](C)(C)C)OC(=O)CCCCCCC/C(Br)=C(\Br)CCCCCCCC. The van der Waals surface area contributed by atoms with Crippen LogP contribution in [0.3, 0.4) is 0 Å². The number of likely N-dealkylation sites (N-methyl/N-ethyl adjacent to an activating group) is 1. The summed E-state index contributed by atoms with van der Waals surface area (Å²) in [5, 5.41) is 0. The molecular formula is C44H82Br4NO7P. The van der Waals surface area contributed by atoms with Gasteiger partial charge in [-0.25, -0.2) is 0 Å². The zero-order chi connectivity index (χ0) is 42.6. The third kappa shape index (κ3) is 39.5. The fourth-order valence-corrected chi connectivity index (χ4v) is 8.79. The molecule has 0 N–H and O–H groups in total. The summed E-state index contributed by atoms with van der Waals surface area (Å²) in [6, 6.07) is 0. The fraction of sp³-hybridized carbons (Fsp3) is 0.886. The van der Waals surface area contributed by atoms with E-state index in [2.05, 4.69) is 77.6 Å². The molecule has 1 unspecified atom stereocenters. The van der Waals surface area contributed by atoms with Gasteiger partial charge < -0.3 is 27.9 Å². The van der Waals surface area contributed by atoms with Crippen molar-refractivity contribution in [1.29, 1.82) is 0 Å². The van der Waals surface area contributed by atoms with Crippen LogP contribution in [0.4, 0.5) is 0 Å². The predicted molar refractivity (Wildman–Crippen MR) is 253 cm³/mol. The maximum atomic E-state index is 12.8. The summed E-state index contributed by atoms with van der Waals surface area (Å²) >= 11 is 15.1. The standard InChI is InChI=1S/C44H82Br4NO7P/c1-6-8-10-12-17-23-29-40(45)42(47)31-25-19-14-15-22-28-35-53-37-39(38-55-57(51,52)54-36-34-49(3,4)5)56-44(50)33-27-21-16-20-26-32-43(48)41(46)30-24-18-13-11-9-7-2/h39H,6-38H2,1-5H3/b42-40+,43-41+/t39-/m1/s1. The lowest BCUT2D eigenvalue weighted by Gasteiger charge is -2.28. The Labute approximate surface area is 383 Å². The van der Waals surface area contributed by atoms with Crippen molar-refractivity contribution < 1.29 is 37.3 Å². The molecule has 2 atom stereocenters. The predicted octanol–water partition coefficient (Wildman–Crippen LogP) is 15.1. The number of quaternary nitrogens is 1. The van der Waals surface area contributed by atoms with Crippen LogP contribution >= 0.6 is 71.5 Å². The minimum Gasteiger partial charge on any atom is -0.756 e. The van der Waals surface area contributed by atoms with E-state index in [-0.39, 0.29) is 32.2 Å². The first-order valence-corrected chi connectivity index (χ1v) is 27.1. The Morgan fingerprint density at radius 1 is 0.526 bits per heavy atom. The number of hydrogen-bond donors (Lipinski definition) is 0.